The standard InChI is InChI=1S/C20H30ClN/c1-2-3-15-4-6-16(7-5-15)17-8-10-18(11-9-17)19-12-13-20(21)22-14-19/h12-18H,2-11H2,1H3. The first-order valence-electron chi connectivity index (χ1n) is 9.37. The summed E-state index contributed by atoms with van der Waals surface area (Å²) in [5, 5.41) is 0.612. The van der Waals surface area contributed by atoms with E-state index in [0.29, 0.717) is 5.15 Å². The molecule has 2 aliphatic carbocycles. The Kier molecular flexibility index (Phi) is 5.79. The molecule has 1 aromatic heterocycles. The molecule has 0 aliphatic heterocycles. The number of nitrogens with zero attached hydrogens (tertiary/aromatic N) is 1. The van der Waals surface area contributed by atoms with Crippen LogP contribution in [0.3, 0.4) is 0 Å². The lowest BCUT2D eigenvalue weighted by atomic mass is 9.68. The highest BCUT2D eigenvalue weighted by Crippen LogP contribution is 2.44. The van der Waals surface area contributed by atoms with Crippen LogP contribution in [-0.4, -0.2) is 4.98 Å². The first kappa shape index (κ1) is 16.3. The van der Waals surface area contributed by atoms with Crippen LogP contribution in [0.15, 0.2) is 18.3 Å². The molecular formula is C20H30ClN. The lowest BCUT2D eigenvalue weighted by Gasteiger charge is -2.38. The Morgan fingerprint density at radius 2 is 1.59 bits per heavy atom. The quantitative estimate of drug-likeness (QED) is 0.568. The van der Waals surface area contributed by atoms with Crippen molar-refractivity contribution in [3.8, 4) is 0 Å². The number of hydrogen-bond donors (Lipinski definition) is 0. The van der Waals surface area contributed by atoms with Crippen LogP contribution in [0.4, 0.5) is 0 Å². The Balaban J connectivity index is 1.47. The highest BCUT2D eigenvalue weighted by Gasteiger charge is 2.31. The van der Waals surface area contributed by atoms with Gasteiger partial charge in [0.25, 0.3) is 0 Å². The Labute approximate surface area is 140 Å². The average molecular weight is 320 g/mol. The van der Waals surface area contributed by atoms with Gasteiger partial charge < -0.3 is 0 Å². The van der Waals surface area contributed by atoms with Gasteiger partial charge in [-0.05, 0) is 73.8 Å². The molecular weight excluding hydrogens is 290 g/mol. The minimum Gasteiger partial charge on any atom is -0.244 e. The van der Waals surface area contributed by atoms with E-state index < -0.39 is 0 Å². The molecule has 22 heavy (non-hydrogen) atoms. The van der Waals surface area contributed by atoms with Gasteiger partial charge in [0.15, 0.2) is 0 Å². The second-order valence-corrected chi connectivity index (χ2v) is 7.98. The number of pyridine rings is 1. The van der Waals surface area contributed by atoms with Crippen LogP contribution in [0.25, 0.3) is 0 Å². The van der Waals surface area contributed by atoms with Crippen LogP contribution < -0.4 is 0 Å². The fourth-order valence-electron chi connectivity index (χ4n) is 4.91. The summed E-state index contributed by atoms with van der Waals surface area (Å²) in [4.78, 5) is 4.25. The van der Waals surface area contributed by atoms with Crippen molar-refractivity contribution in [3.63, 3.8) is 0 Å². The monoisotopic (exact) mass is 319 g/mol. The zero-order valence-electron chi connectivity index (χ0n) is 13.9. The van der Waals surface area contributed by atoms with Gasteiger partial charge in [0.05, 0.1) is 0 Å². The fraction of sp³-hybridized carbons (Fsp3) is 0.750. The largest absolute Gasteiger partial charge is 0.244 e. The minimum atomic E-state index is 0.612. The number of rotatable bonds is 4. The molecule has 0 radical (unpaired) electrons. The van der Waals surface area contributed by atoms with E-state index in [-0.39, 0.29) is 0 Å². The molecule has 0 atom stereocenters. The molecule has 0 aromatic carbocycles. The van der Waals surface area contributed by atoms with Crippen molar-refractivity contribution in [3.05, 3.63) is 29.0 Å². The van der Waals surface area contributed by atoms with Crippen molar-refractivity contribution in [2.45, 2.75) is 77.0 Å². The van der Waals surface area contributed by atoms with Gasteiger partial charge in [0.1, 0.15) is 5.15 Å². The zero-order valence-corrected chi connectivity index (χ0v) is 14.7. The molecule has 0 N–H and O–H groups in total. The molecule has 2 aliphatic rings. The van der Waals surface area contributed by atoms with E-state index in [2.05, 4.69) is 18.0 Å². The molecule has 1 heterocycles. The molecule has 3 rings (SSSR count). The maximum atomic E-state index is 5.90. The predicted molar refractivity (Wildman–Crippen MR) is 94.3 cm³/mol. The summed E-state index contributed by atoms with van der Waals surface area (Å²) < 4.78 is 0. The van der Waals surface area contributed by atoms with Gasteiger partial charge in [-0.2, -0.15) is 0 Å². The third-order valence-electron chi connectivity index (χ3n) is 6.25. The summed E-state index contributed by atoms with van der Waals surface area (Å²) in [6.07, 6.45) is 16.4. The topological polar surface area (TPSA) is 12.9 Å². The Bertz CT molecular complexity index is 439. The van der Waals surface area contributed by atoms with Crippen molar-refractivity contribution in [1.29, 1.82) is 0 Å². The molecule has 0 saturated heterocycles. The zero-order chi connectivity index (χ0) is 15.4. The minimum absolute atomic E-state index is 0.612. The lowest BCUT2D eigenvalue weighted by molar-refractivity contribution is 0.156. The van der Waals surface area contributed by atoms with Crippen molar-refractivity contribution in [2.24, 2.45) is 17.8 Å². The summed E-state index contributed by atoms with van der Waals surface area (Å²) in [7, 11) is 0. The van der Waals surface area contributed by atoms with Gasteiger partial charge in [-0.3, -0.25) is 0 Å². The van der Waals surface area contributed by atoms with Crippen molar-refractivity contribution < 1.29 is 0 Å². The van der Waals surface area contributed by atoms with Crippen LogP contribution >= 0.6 is 11.6 Å². The van der Waals surface area contributed by atoms with E-state index in [1.165, 1.54) is 69.8 Å². The fourth-order valence-corrected chi connectivity index (χ4v) is 5.02. The van der Waals surface area contributed by atoms with E-state index in [1.54, 1.807) is 0 Å². The molecule has 1 nitrogen and oxygen atoms in total. The summed E-state index contributed by atoms with van der Waals surface area (Å²) in [6.45, 7) is 2.33. The second kappa shape index (κ2) is 7.81. The van der Waals surface area contributed by atoms with Gasteiger partial charge >= 0.3 is 0 Å². The molecule has 0 spiro atoms. The van der Waals surface area contributed by atoms with Crippen LogP contribution in [0, 0.1) is 17.8 Å². The van der Waals surface area contributed by atoms with Gasteiger partial charge in [0.2, 0.25) is 0 Å². The summed E-state index contributed by atoms with van der Waals surface area (Å²) in [6, 6.07) is 4.12. The van der Waals surface area contributed by atoms with Crippen molar-refractivity contribution >= 4 is 11.6 Å². The molecule has 2 fully saturated rings. The summed E-state index contributed by atoms with van der Waals surface area (Å²) in [5.74, 6) is 3.78. The molecule has 2 heteroatoms. The molecule has 0 amide bonds. The molecule has 122 valence electrons. The summed E-state index contributed by atoms with van der Waals surface area (Å²) in [5.41, 5.74) is 1.40. The molecule has 2 saturated carbocycles. The third-order valence-corrected chi connectivity index (χ3v) is 6.47. The van der Waals surface area contributed by atoms with E-state index in [9.17, 15) is 0 Å². The maximum absolute atomic E-state index is 5.90. The maximum Gasteiger partial charge on any atom is 0.129 e. The molecule has 0 unspecified atom stereocenters. The SMILES string of the molecule is CCCC1CCC(C2CCC(c3ccc(Cl)nc3)CC2)CC1. The molecule has 0 bridgehead atoms. The predicted octanol–water partition coefficient (Wildman–Crippen LogP) is 6.62. The summed E-state index contributed by atoms with van der Waals surface area (Å²) >= 11 is 5.90. The van der Waals surface area contributed by atoms with E-state index in [4.69, 9.17) is 11.6 Å². The van der Waals surface area contributed by atoms with Crippen LogP contribution in [0.5, 0.6) is 0 Å². The highest BCUT2D eigenvalue weighted by atomic mass is 35.5. The highest BCUT2D eigenvalue weighted by molar-refractivity contribution is 6.29. The number of aromatic nitrogens is 1. The van der Waals surface area contributed by atoms with Crippen molar-refractivity contribution in [2.75, 3.05) is 0 Å². The second-order valence-electron chi connectivity index (χ2n) is 7.60. The van der Waals surface area contributed by atoms with Crippen LogP contribution in [0.1, 0.15) is 82.6 Å². The lowest BCUT2D eigenvalue weighted by Crippen LogP contribution is -2.25. The van der Waals surface area contributed by atoms with E-state index in [0.717, 1.165) is 23.7 Å². The van der Waals surface area contributed by atoms with Gasteiger partial charge in [0, 0.05) is 6.20 Å². The third kappa shape index (κ3) is 4.04. The number of hydrogen-bond acceptors (Lipinski definition) is 1. The normalized spacial score (nSPS) is 32.8. The van der Waals surface area contributed by atoms with E-state index in [1.807, 2.05) is 12.3 Å². The Morgan fingerprint density at radius 1 is 0.955 bits per heavy atom. The van der Waals surface area contributed by atoms with Gasteiger partial charge in [-0.25, -0.2) is 4.98 Å². The smallest absolute Gasteiger partial charge is 0.129 e. The van der Waals surface area contributed by atoms with Crippen molar-refractivity contribution in [1.82, 2.24) is 4.98 Å². The van der Waals surface area contributed by atoms with Crippen LogP contribution in [-0.2, 0) is 0 Å². The Hall–Kier alpha value is -0.560. The molecule has 1 aromatic rings. The average Bonchev–Trinajstić information content (AvgIpc) is 2.57. The van der Waals surface area contributed by atoms with Crippen LogP contribution in [0.2, 0.25) is 5.15 Å². The van der Waals surface area contributed by atoms with Gasteiger partial charge in [-0.1, -0.05) is 50.3 Å². The Morgan fingerprint density at radius 3 is 2.14 bits per heavy atom. The van der Waals surface area contributed by atoms with E-state index >= 15 is 0 Å². The first-order chi connectivity index (χ1) is 10.8. The number of halogens is 1. The first-order valence-corrected chi connectivity index (χ1v) is 9.75. The van der Waals surface area contributed by atoms with Gasteiger partial charge in [-0.15, -0.1) is 0 Å².